The Morgan fingerprint density at radius 2 is 2.00 bits per heavy atom. The van der Waals surface area contributed by atoms with Crippen LogP contribution in [0.2, 0.25) is 0 Å². The molecule has 1 saturated carbocycles. The van der Waals surface area contributed by atoms with Crippen LogP contribution in [0.4, 0.5) is 0 Å². The number of fused-ring (bicyclic) bond motifs is 1. The molecule has 0 unspecified atom stereocenters. The zero-order valence-corrected chi connectivity index (χ0v) is 12.6. The number of rotatable bonds is 2. The molecule has 2 aromatic heterocycles. The van der Waals surface area contributed by atoms with Gasteiger partial charge in [0.25, 0.3) is 0 Å². The van der Waals surface area contributed by atoms with Gasteiger partial charge >= 0.3 is 5.69 Å². The third kappa shape index (κ3) is 2.14. The monoisotopic (exact) mass is 296 g/mol. The van der Waals surface area contributed by atoms with Crippen LogP contribution in [-0.2, 0) is 14.1 Å². The average Bonchev–Trinajstić information content (AvgIpc) is 3.04. The molecule has 7 heteroatoms. The van der Waals surface area contributed by atoms with Gasteiger partial charge in [0.05, 0.1) is 0 Å². The maximum atomic E-state index is 12.0. The molecule has 0 spiro atoms. The molecule has 19 heavy (non-hydrogen) atoms. The summed E-state index contributed by atoms with van der Waals surface area (Å²) in [6.07, 6.45) is 5.10. The molecule has 0 radical (unpaired) electrons. The Bertz CT molecular complexity index is 736. The molecule has 0 amide bonds. The lowest BCUT2D eigenvalue weighted by atomic mass is 10.4. The summed E-state index contributed by atoms with van der Waals surface area (Å²) in [7, 11) is 3.42. The number of nitrogens with zero attached hydrogens (tertiary/aromatic N) is 3. The van der Waals surface area contributed by atoms with E-state index in [2.05, 4.69) is 9.97 Å². The number of thioether (sulfide) groups is 1. The highest BCUT2D eigenvalue weighted by Gasteiger charge is 2.19. The summed E-state index contributed by atoms with van der Waals surface area (Å²) in [4.78, 5) is 19.8. The van der Waals surface area contributed by atoms with Gasteiger partial charge in [-0.3, -0.25) is 9.13 Å². The lowest BCUT2D eigenvalue weighted by Crippen LogP contribution is -2.27. The first-order valence-electron chi connectivity index (χ1n) is 6.40. The Kier molecular flexibility index (Phi) is 3.26. The number of H-pyrrole nitrogens is 1. The van der Waals surface area contributed by atoms with Crippen LogP contribution in [-0.4, -0.2) is 24.4 Å². The number of hydrogen-bond acceptors (Lipinski definition) is 4. The van der Waals surface area contributed by atoms with E-state index >= 15 is 0 Å². The van der Waals surface area contributed by atoms with Gasteiger partial charge in [0.2, 0.25) is 0 Å². The van der Waals surface area contributed by atoms with E-state index in [9.17, 15) is 4.79 Å². The number of aromatic amines is 1. The van der Waals surface area contributed by atoms with Crippen molar-refractivity contribution < 1.29 is 0 Å². The summed E-state index contributed by atoms with van der Waals surface area (Å²) in [6, 6.07) is 0. The smallest absolute Gasteiger partial charge is 0.329 e. The molecular formula is C12H16N4OS2. The van der Waals surface area contributed by atoms with Crippen LogP contribution in [0.25, 0.3) is 11.2 Å². The molecule has 1 fully saturated rings. The van der Waals surface area contributed by atoms with Crippen LogP contribution in [0.3, 0.4) is 0 Å². The minimum Gasteiger partial charge on any atom is -0.329 e. The van der Waals surface area contributed by atoms with Crippen molar-refractivity contribution in [1.82, 2.24) is 19.1 Å². The van der Waals surface area contributed by atoms with Gasteiger partial charge in [-0.1, -0.05) is 36.8 Å². The highest BCUT2D eigenvalue weighted by molar-refractivity contribution is 7.99. The van der Waals surface area contributed by atoms with E-state index in [0.29, 0.717) is 15.5 Å². The Hall–Kier alpha value is -1.08. The zero-order chi connectivity index (χ0) is 13.6. The van der Waals surface area contributed by atoms with Crippen molar-refractivity contribution in [3.05, 3.63) is 15.1 Å². The van der Waals surface area contributed by atoms with Crippen LogP contribution in [0.1, 0.15) is 25.7 Å². The summed E-state index contributed by atoms with van der Waals surface area (Å²) in [5, 5.41) is 1.51. The van der Waals surface area contributed by atoms with Crippen LogP contribution in [0.15, 0.2) is 9.95 Å². The van der Waals surface area contributed by atoms with Gasteiger partial charge in [-0.2, -0.15) is 0 Å². The first-order chi connectivity index (χ1) is 9.08. The van der Waals surface area contributed by atoms with E-state index in [1.165, 1.54) is 30.3 Å². The van der Waals surface area contributed by atoms with Crippen molar-refractivity contribution in [1.29, 1.82) is 0 Å². The molecule has 0 saturated heterocycles. The fraction of sp³-hybridized carbons (Fsp3) is 0.583. The van der Waals surface area contributed by atoms with E-state index in [0.717, 1.165) is 10.7 Å². The molecule has 1 aliphatic carbocycles. The maximum Gasteiger partial charge on any atom is 0.330 e. The molecule has 1 N–H and O–H groups in total. The fourth-order valence-electron chi connectivity index (χ4n) is 2.52. The molecule has 2 aromatic rings. The third-order valence-electron chi connectivity index (χ3n) is 3.65. The second-order valence-electron chi connectivity index (χ2n) is 4.97. The quantitative estimate of drug-likeness (QED) is 0.864. The van der Waals surface area contributed by atoms with Crippen LogP contribution in [0.5, 0.6) is 0 Å². The maximum absolute atomic E-state index is 12.0. The summed E-state index contributed by atoms with van der Waals surface area (Å²) in [5.74, 6) is 0. The van der Waals surface area contributed by atoms with Crippen LogP contribution in [0, 0.1) is 4.64 Å². The van der Waals surface area contributed by atoms with Crippen molar-refractivity contribution in [2.24, 2.45) is 14.1 Å². The van der Waals surface area contributed by atoms with E-state index < -0.39 is 0 Å². The normalized spacial score (nSPS) is 16.5. The lowest BCUT2D eigenvalue weighted by molar-refractivity contribution is 0.721. The molecule has 2 heterocycles. The summed E-state index contributed by atoms with van der Waals surface area (Å²) >= 11 is 7.08. The highest BCUT2D eigenvalue weighted by atomic mass is 32.2. The van der Waals surface area contributed by atoms with Gasteiger partial charge in [0.15, 0.2) is 10.8 Å². The number of nitrogens with one attached hydrogen (secondary N) is 1. The van der Waals surface area contributed by atoms with Gasteiger partial charge in [0, 0.05) is 19.3 Å². The molecule has 102 valence electrons. The molecule has 0 aliphatic heterocycles. The standard InChI is InChI=1S/C12H16N4OS2/c1-15-9-8(10(18)16(2)12(15)17)13-11(14-9)19-7-5-3-4-6-7/h7H,3-6H2,1-2H3,(H,13,14). The molecule has 0 aromatic carbocycles. The van der Waals surface area contributed by atoms with E-state index in [4.69, 9.17) is 12.2 Å². The van der Waals surface area contributed by atoms with Gasteiger partial charge in [0.1, 0.15) is 10.2 Å². The second kappa shape index (κ2) is 4.79. The largest absolute Gasteiger partial charge is 0.330 e. The van der Waals surface area contributed by atoms with Crippen molar-refractivity contribution in [2.45, 2.75) is 36.1 Å². The molecule has 0 bridgehead atoms. The van der Waals surface area contributed by atoms with Gasteiger partial charge < -0.3 is 4.98 Å². The Balaban J connectivity index is 2.10. The topological polar surface area (TPSA) is 55.6 Å². The molecular weight excluding hydrogens is 280 g/mol. The second-order valence-corrected chi connectivity index (χ2v) is 6.65. The summed E-state index contributed by atoms with van der Waals surface area (Å²) < 4.78 is 3.53. The van der Waals surface area contributed by atoms with Gasteiger partial charge in [-0.05, 0) is 12.8 Å². The fourth-order valence-corrected chi connectivity index (χ4v) is 3.93. The minimum absolute atomic E-state index is 0.138. The van der Waals surface area contributed by atoms with Crippen molar-refractivity contribution in [2.75, 3.05) is 0 Å². The first kappa shape index (κ1) is 12.9. The Morgan fingerprint density at radius 3 is 2.68 bits per heavy atom. The zero-order valence-electron chi connectivity index (χ0n) is 11.0. The predicted molar refractivity (Wildman–Crippen MR) is 79.3 cm³/mol. The molecule has 5 nitrogen and oxygen atoms in total. The van der Waals surface area contributed by atoms with Crippen molar-refractivity contribution in [3.8, 4) is 0 Å². The Labute approximate surface area is 120 Å². The lowest BCUT2D eigenvalue weighted by Gasteiger charge is -2.03. The minimum atomic E-state index is -0.138. The molecule has 1 aliphatic rings. The highest BCUT2D eigenvalue weighted by Crippen LogP contribution is 2.33. The number of hydrogen-bond donors (Lipinski definition) is 1. The molecule has 0 atom stereocenters. The van der Waals surface area contributed by atoms with E-state index in [1.54, 1.807) is 30.4 Å². The number of aromatic nitrogens is 4. The van der Waals surface area contributed by atoms with Gasteiger partial charge in [-0.25, -0.2) is 9.78 Å². The predicted octanol–water partition coefficient (Wildman–Crippen LogP) is 2.36. The average molecular weight is 296 g/mol. The third-order valence-corrected chi connectivity index (χ3v) is 5.35. The number of imidazole rings is 1. The number of aryl methyl sites for hydroxylation is 1. The van der Waals surface area contributed by atoms with Crippen molar-refractivity contribution in [3.63, 3.8) is 0 Å². The summed E-state index contributed by atoms with van der Waals surface area (Å²) in [5.41, 5.74) is 1.29. The van der Waals surface area contributed by atoms with Crippen LogP contribution >= 0.6 is 24.0 Å². The Morgan fingerprint density at radius 1 is 1.32 bits per heavy atom. The first-order valence-corrected chi connectivity index (χ1v) is 7.69. The van der Waals surface area contributed by atoms with E-state index in [1.807, 2.05) is 0 Å². The summed E-state index contributed by atoms with van der Waals surface area (Å²) in [6.45, 7) is 0. The SMILES string of the molecule is Cn1c(=S)c2[nH]c(SC3CCCC3)nc2n(C)c1=O. The molecule has 3 rings (SSSR count). The van der Waals surface area contributed by atoms with E-state index in [-0.39, 0.29) is 5.69 Å². The van der Waals surface area contributed by atoms with Gasteiger partial charge in [-0.15, -0.1) is 0 Å². The van der Waals surface area contributed by atoms with Crippen LogP contribution < -0.4 is 5.69 Å². The van der Waals surface area contributed by atoms with Crippen molar-refractivity contribution >= 4 is 35.1 Å².